The Balaban J connectivity index is 2.14. The summed E-state index contributed by atoms with van der Waals surface area (Å²) in [5.41, 5.74) is 1.58. The quantitative estimate of drug-likeness (QED) is 0.601. The topological polar surface area (TPSA) is 118 Å². The lowest BCUT2D eigenvalue weighted by atomic mass is 10.2. The van der Waals surface area contributed by atoms with E-state index in [4.69, 9.17) is 23.2 Å². The van der Waals surface area contributed by atoms with Crippen LogP contribution < -0.4 is 10.3 Å². The van der Waals surface area contributed by atoms with Crippen LogP contribution in [0.25, 0.3) is 0 Å². The van der Waals surface area contributed by atoms with E-state index in [0.717, 1.165) is 12.1 Å². The van der Waals surface area contributed by atoms with Gasteiger partial charge in [-0.1, -0.05) is 29.3 Å². The first-order valence-electron chi connectivity index (χ1n) is 6.22. The molecule has 2 rings (SSSR count). The summed E-state index contributed by atoms with van der Waals surface area (Å²) in [6.07, 6.45) is 0. The van der Waals surface area contributed by atoms with Gasteiger partial charge in [-0.2, -0.15) is 0 Å². The number of carbonyl (C=O) groups excluding carboxylic acids is 1. The van der Waals surface area contributed by atoms with Gasteiger partial charge in [-0.25, -0.2) is 8.42 Å². The van der Waals surface area contributed by atoms with Crippen LogP contribution in [-0.2, 0) is 10.0 Å². The van der Waals surface area contributed by atoms with Crippen molar-refractivity contribution in [3.05, 3.63) is 68.2 Å². The summed E-state index contributed by atoms with van der Waals surface area (Å²) >= 11 is 11.5. The number of nitro groups is 1. The van der Waals surface area contributed by atoms with E-state index in [1.807, 2.05) is 10.3 Å². The van der Waals surface area contributed by atoms with Gasteiger partial charge < -0.3 is 0 Å². The van der Waals surface area contributed by atoms with Crippen molar-refractivity contribution in [2.24, 2.45) is 0 Å². The SMILES string of the molecule is O=C(NNS(=O)(=O)c1ccc(Cl)c(Cl)c1)c1cccc([N+](=O)[O-])c1. The van der Waals surface area contributed by atoms with Crippen LogP contribution >= 0.6 is 23.2 Å². The van der Waals surface area contributed by atoms with Gasteiger partial charge in [0.2, 0.25) is 0 Å². The van der Waals surface area contributed by atoms with Gasteiger partial charge in [-0.05, 0) is 24.3 Å². The van der Waals surface area contributed by atoms with Gasteiger partial charge in [0.25, 0.3) is 21.6 Å². The average molecular weight is 390 g/mol. The first kappa shape index (κ1) is 18.1. The summed E-state index contributed by atoms with van der Waals surface area (Å²) in [6.45, 7) is 0. The number of hydrogen-bond acceptors (Lipinski definition) is 5. The number of hydrazine groups is 1. The zero-order valence-electron chi connectivity index (χ0n) is 11.7. The lowest BCUT2D eigenvalue weighted by Crippen LogP contribution is -2.41. The second kappa shape index (κ2) is 7.14. The highest BCUT2D eigenvalue weighted by atomic mass is 35.5. The minimum absolute atomic E-state index is 0.0320. The molecule has 0 saturated heterocycles. The van der Waals surface area contributed by atoms with E-state index >= 15 is 0 Å². The molecule has 24 heavy (non-hydrogen) atoms. The second-order valence-corrected chi connectivity index (χ2v) is 6.94. The van der Waals surface area contributed by atoms with Crippen LogP contribution in [0.2, 0.25) is 10.0 Å². The van der Waals surface area contributed by atoms with Crippen LogP contribution in [0.15, 0.2) is 47.4 Å². The maximum absolute atomic E-state index is 12.1. The molecule has 0 spiro atoms. The van der Waals surface area contributed by atoms with Crippen LogP contribution in [0.3, 0.4) is 0 Å². The minimum atomic E-state index is -4.09. The lowest BCUT2D eigenvalue weighted by Gasteiger charge is -2.09. The van der Waals surface area contributed by atoms with Gasteiger partial charge in [-0.3, -0.25) is 20.3 Å². The van der Waals surface area contributed by atoms with Gasteiger partial charge in [0.15, 0.2) is 0 Å². The van der Waals surface area contributed by atoms with Gasteiger partial charge >= 0.3 is 0 Å². The fourth-order valence-electron chi connectivity index (χ4n) is 1.65. The van der Waals surface area contributed by atoms with Crippen molar-refractivity contribution >= 4 is 44.8 Å². The van der Waals surface area contributed by atoms with E-state index in [9.17, 15) is 23.3 Å². The molecule has 0 bridgehead atoms. The average Bonchev–Trinajstić information content (AvgIpc) is 2.55. The zero-order valence-corrected chi connectivity index (χ0v) is 14.0. The van der Waals surface area contributed by atoms with Crippen LogP contribution in [0, 0.1) is 10.1 Å². The van der Waals surface area contributed by atoms with Crippen molar-refractivity contribution in [3.8, 4) is 0 Å². The maximum Gasteiger partial charge on any atom is 0.270 e. The van der Waals surface area contributed by atoms with Crippen LogP contribution in [-0.4, -0.2) is 19.2 Å². The number of nitro benzene ring substituents is 1. The summed E-state index contributed by atoms with van der Waals surface area (Å²) in [6, 6.07) is 8.44. The van der Waals surface area contributed by atoms with E-state index in [-0.39, 0.29) is 26.2 Å². The lowest BCUT2D eigenvalue weighted by molar-refractivity contribution is -0.384. The third-order valence-corrected chi connectivity index (χ3v) is 4.80. The largest absolute Gasteiger partial charge is 0.273 e. The Kier molecular flexibility index (Phi) is 5.40. The van der Waals surface area contributed by atoms with Crippen molar-refractivity contribution in [2.75, 3.05) is 0 Å². The standard InChI is InChI=1S/C13H9Cl2N3O5S/c14-11-5-4-10(7-12(11)15)24(22,23)17-16-13(19)8-2-1-3-9(6-8)18(20)21/h1-7,17H,(H,16,19). The Morgan fingerprint density at radius 1 is 1.08 bits per heavy atom. The molecular weight excluding hydrogens is 381 g/mol. The van der Waals surface area contributed by atoms with E-state index in [1.165, 1.54) is 30.3 Å². The molecule has 0 saturated carbocycles. The van der Waals surface area contributed by atoms with Crippen LogP contribution in [0.4, 0.5) is 5.69 Å². The molecule has 11 heteroatoms. The summed E-state index contributed by atoms with van der Waals surface area (Å²) < 4.78 is 24.1. The van der Waals surface area contributed by atoms with Gasteiger partial charge in [-0.15, -0.1) is 4.83 Å². The molecule has 8 nitrogen and oxygen atoms in total. The molecule has 126 valence electrons. The fourth-order valence-corrected chi connectivity index (χ4v) is 2.88. The second-order valence-electron chi connectivity index (χ2n) is 4.44. The molecule has 2 N–H and O–H groups in total. The molecule has 0 radical (unpaired) electrons. The third kappa shape index (κ3) is 4.20. The Morgan fingerprint density at radius 3 is 2.42 bits per heavy atom. The summed E-state index contributed by atoms with van der Waals surface area (Å²) in [4.78, 5) is 23.6. The smallest absolute Gasteiger partial charge is 0.270 e. The van der Waals surface area contributed by atoms with Crippen molar-refractivity contribution in [1.82, 2.24) is 10.3 Å². The van der Waals surface area contributed by atoms with Gasteiger partial charge in [0, 0.05) is 17.7 Å². The normalized spacial score (nSPS) is 11.1. The predicted octanol–water partition coefficient (Wildman–Crippen LogP) is 2.52. The highest BCUT2D eigenvalue weighted by Crippen LogP contribution is 2.24. The highest BCUT2D eigenvalue weighted by Gasteiger charge is 2.18. The number of amides is 1. The van der Waals surface area contributed by atoms with Crippen LogP contribution in [0.1, 0.15) is 10.4 Å². The number of halogens is 2. The summed E-state index contributed by atoms with van der Waals surface area (Å²) in [7, 11) is -4.09. The Labute approximate surface area is 146 Å². The summed E-state index contributed by atoms with van der Waals surface area (Å²) in [5.74, 6) is -0.859. The van der Waals surface area contributed by atoms with Crippen molar-refractivity contribution in [3.63, 3.8) is 0 Å². The number of sulfonamides is 1. The monoisotopic (exact) mass is 389 g/mol. The molecule has 0 aromatic heterocycles. The number of carbonyl (C=O) groups is 1. The molecule has 1 amide bonds. The minimum Gasteiger partial charge on any atom is -0.273 e. The molecule has 0 fully saturated rings. The Bertz CT molecular complexity index is 918. The molecule has 0 aliphatic carbocycles. The van der Waals surface area contributed by atoms with E-state index < -0.39 is 20.9 Å². The molecular formula is C13H9Cl2N3O5S. The molecule has 0 atom stereocenters. The first-order chi connectivity index (χ1) is 11.2. The number of hydrogen-bond donors (Lipinski definition) is 2. The van der Waals surface area contributed by atoms with E-state index in [2.05, 4.69) is 0 Å². The van der Waals surface area contributed by atoms with Gasteiger partial charge in [0.05, 0.1) is 19.9 Å². The molecule has 2 aromatic rings. The van der Waals surface area contributed by atoms with Crippen molar-refractivity contribution < 1.29 is 18.1 Å². The van der Waals surface area contributed by atoms with Crippen molar-refractivity contribution in [1.29, 1.82) is 0 Å². The Morgan fingerprint density at radius 2 is 1.79 bits per heavy atom. The molecule has 0 aliphatic heterocycles. The highest BCUT2D eigenvalue weighted by molar-refractivity contribution is 7.89. The molecule has 0 aliphatic rings. The molecule has 0 unspecified atom stereocenters. The number of benzene rings is 2. The van der Waals surface area contributed by atoms with Crippen LogP contribution in [0.5, 0.6) is 0 Å². The number of rotatable bonds is 5. The Hall–Kier alpha value is -2.20. The molecule has 2 aromatic carbocycles. The third-order valence-electron chi connectivity index (χ3n) is 2.82. The molecule has 0 heterocycles. The maximum atomic E-state index is 12.1. The first-order valence-corrected chi connectivity index (χ1v) is 8.46. The fraction of sp³-hybridized carbons (Fsp3) is 0. The van der Waals surface area contributed by atoms with E-state index in [1.54, 1.807) is 0 Å². The number of non-ortho nitro benzene ring substituents is 1. The number of nitrogens with one attached hydrogen (secondary N) is 2. The van der Waals surface area contributed by atoms with E-state index in [0.29, 0.717) is 0 Å². The van der Waals surface area contributed by atoms with Gasteiger partial charge in [0.1, 0.15) is 0 Å². The predicted molar refractivity (Wildman–Crippen MR) is 87.3 cm³/mol. The zero-order chi connectivity index (χ0) is 17.9. The summed E-state index contributed by atoms with van der Waals surface area (Å²) in [5, 5.41) is 10.9. The number of nitrogens with zero attached hydrogens (tertiary/aromatic N) is 1. The van der Waals surface area contributed by atoms with Crippen molar-refractivity contribution in [2.45, 2.75) is 4.90 Å².